The summed E-state index contributed by atoms with van der Waals surface area (Å²) in [5.74, 6) is -0.148. The van der Waals surface area contributed by atoms with Crippen LogP contribution < -0.4 is 25.1 Å². The summed E-state index contributed by atoms with van der Waals surface area (Å²) in [4.78, 5) is 25.8. The number of nitrogens with one attached hydrogen (secondary N) is 2. The second kappa shape index (κ2) is 10.2. The van der Waals surface area contributed by atoms with Gasteiger partial charge in [0, 0.05) is 21.2 Å². The highest BCUT2D eigenvalue weighted by atomic mass is 32.1. The van der Waals surface area contributed by atoms with Gasteiger partial charge in [-0.15, -0.1) is 11.3 Å². The summed E-state index contributed by atoms with van der Waals surface area (Å²) in [6.07, 6.45) is 0. The predicted octanol–water partition coefficient (Wildman–Crippen LogP) is 4.71. The first-order chi connectivity index (χ1) is 16.5. The SMILES string of the molecule is COc1ccc(C(=O)NNC(=O)c2sc3cccc(F)c3c2COc2ccccc2)cc1OC. The average Bonchev–Trinajstić information content (AvgIpc) is 3.26. The third-order valence-electron chi connectivity index (χ3n) is 5.03. The van der Waals surface area contributed by atoms with Crippen molar-refractivity contribution < 1.29 is 28.2 Å². The van der Waals surface area contributed by atoms with Gasteiger partial charge in [0.1, 0.15) is 23.1 Å². The molecule has 9 heteroatoms. The number of methoxy groups -OCH3 is 2. The molecular weight excluding hydrogens is 459 g/mol. The molecular formula is C25H21FN2O5S. The maximum Gasteiger partial charge on any atom is 0.280 e. The summed E-state index contributed by atoms with van der Waals surface area (Å²) >= 11 is 1.12. The third-order valence-corrected chi connectivity index (χ3v) is 6.23. The third kappa shape index (κ3) is 4.79. The standard InChI is InChI=1S/C25H21FN2O5S/c1-31-19-12-11-15(13-20(19)32-2)24(29)27-28-25(30)23-17(14-33-16-7-4-3-5-8-16)22-18(26)9-6-10-21(22)34-23/h3-13H,14H2,1-2H3,(H,27,29)(H,28,30). The van der Waals surface area contributed by atoms with Gasteiger partial charge in [0.05, 0.1) is 14.2 Å². The summed E-state index contributed by atoms with van der Waals surface area (Å²) in [7, 11) is 2.95. The van der Waals surface area contributed by atoms with E-state index in [1.165, 1.54) is 32.4 Å². The number of thiophene rings is 1. The fraction of sp³-hybridized carbons (Fsp3) is 0.120. The molecule has 0 unspecified atom stereocenters. The van der Waals surface area contributed by atoms with Gasteiger partial charge in [0.15, 0.2) is 11.5 Å². The Labute approximate surface area is 199 Å². The Kier molecular flexibility index (Phi) is 6.93. The summed E-state index contributed by atoms with van der Waals surface area (Å²) in [6, 6.07) is 18.3. The topological polar surface area (TPSA) is 85.9 Å². The van der Waals surface area contributed by atoms with E-state index in [9.17, 15) is 14.0 Å². The predicted molar refractivity (Wildman–Crippen MR) is 127 cm³/mol. The second-order valence-corrected chi connectivity index (χ2v) is 8.15. The molecule has 0 atom stereocenters. The fourth-order valence-electron chi connectivity index (χ4n) is 3.38. The number of hydrazine groups is 1. The molecule has 4 aromatic rings. The molecule has 3 aromatic carbocycles. The minimum absolute atomic E-state index is 0.0165. The van der Waals surface area contributed by atoms with Crippen LogP contribution in [0.15, 0.2) is 66.7 Å². The summed E-state index contributed by atoms with van der Waals surface area (Å²) in [6.45, 7) is -0.0165. The summed E-state index contributed by atoms with van der Waals surface area (Å²) in [5, 5.41) is 0.319. The maximum atomic E-state index is 14.6. The molecule has 2 N–H and O–H groups in total. The van der Waals surface area contributed by atoms with Crippen LogP contribution in [0.2, 0.25) is 0 Å². The van der Waals surface area contributed by atoms with Gasteiger partial charge in [0.25, 0.3) is 11.8 Å². The number of carbonyl (C=O) groups is 2. The Hall–Kier alpha value is -4.11. The van der Waals surface area contributed by atoms with E-state index >= 15 is 0 Å². The van der Waals surface area contributed by atoms with Crippen molar-refractivity contribution in [2.24, 2.45) is 0 Å². The first-order valence-corrected chi connectivity index (χ1v) is 11.0. The van der Waals surface area contributed by atoms with Crippen LogP contribution in [0, 0.1) is 5.82 Å². The zero-order valence-corrected chi connectivity index (χ0v) is 19.2. The Bertz CT molecular complexity index is 1340. The first kappa shape index (κ1) is 23.1. The zero-order chi connectivity index (χ0) is 24.1. The monoisotopic (exact) mass is 480 g/mol. The van der Waals surface area contributed by atoms with Gasteiger partial charge in [-0.05, 0) is 42.5 Å². The smallest absolute Gasteiger partial charge is 0.280 e. The Morgan fingerprint density at radius 2 is 1.62 bits per heavy atom. The van der Waals surface area contributed by atoms with E-state index in [0.717, 1.165) is 11.3 Å². The Balaban J connectivity index is 1.55. The zero-order valence-electron chi connectivity index (χ0n) is 18.4. The van der Waals surface area contributed by atoms with Crippen LogP contribution in [0.1, 0.15) is 25.6 Å². The second-order valence-electron chi connectivity index (χ2n) is 7.10. The molecule has 0 aliphatic rings. The minimum Gasteiger partial charge on any atom is -0.493 e. The fourth-order valence-corrected chi connectivity index (χ4v) is 4.50. The largest absolute Gasteiger partial charge is 0.493 e. The number of amides is 2. The van der Waals surface area contributed by atoms with Crippen molar-refractivity contribution in [1.82, 2.24) is 10.9 Å². The van der Waals surface area contributed by atoms with Crippen molar-refractivity contribution in [3.63, 3.8) is 0 Å². The highest BCUT2D eigenvalue weighted by Gasteiger charge is 2.22. The van der Waals surface area contributed by atoms with Crippen LogP contribution in [-0.4, -0.2) is 26.0 Å². The van der Waals surface area contributed by atoms with Crippen LogP contribution in [0.4, 0.5) is 4.39 Å². The molecule has 0 saturated carbocycles. The van der Waals surface area contributed by atoms with Crippen molar-refractivity contribution in [3.05, 3.63) is 88.6 Å². The van der Waals surface area contributed by atoms with E-state index < -0.39 is 17.6 Å². The molecule has 0 aliphatic carbocycles. The van der Waals surface area contributed by atoms with Crippen molar-refractivity contribution in [2.75, 3.05) is 14.2 Å². The number of ether oxygens (including phenoxy) is 3. The van der Waals surface area contributed by atoms with Crippen LogP contribution in [0.3, 0.4) is 0 Å². The van der Waals surface area contributed by atoms with E-state index in [1.54, 1.807) is 30.3 Å². The number of carbonyl (C=O) groups excluding carboxylic acids is 2. The summed E-state index contributed by atoms with van der Waals surface area (Å²) < 4.78 is 31.4. The van der Waals surface area contributed by atoms with Gasteiger partial charge in [-0.2, -0.15) is 0 Å². The van der Waals surface area contributed by atoms with Gasteiger partial charge in [0.2, 0.25) is 0 Å². The van der Waals surface area contributed by atoms with Gasteiger partial charge in [-0.3, -0.25) is 20.4 Å². The lowest BCUT2D eigenvalue weighted by Crippen LogP contribution is -2.41. The van der Waals surface area contributed by atoms with Crippen LogP contribution in [0.25, 0.3) is 10.1 Å². The number of halogens is 1. The Morgan fingerprint density at radius 1 is 0.882 bits per heavy atom. The molecule has 7 nitrogen and oxygen atoms in total. The van der Waals surface area contributed by atoms with Gasteiger partial charge < -0.3 is 14.2 Å². The summed E-state index contributed by atoms with van der Waals surface area (Å²) in [5.41, 5.74) is 5.45. The number of para-hydroxylation sites is 1. The van der Waals surface area contributed by atoms with E-state index in [1.807, 2.05) is 18.2 Å². The lowest BCUT2D eigenvalue weighted by atomic mass is 10.1. The van der Waals surface area contributed by atoms with Crippen molar-refractivity contribution >= 4 is 33.2 Å². The van der Waals surface area contributed by atoms with Crippen molar-refractivity contribution in [2.45, 2.75) is 6.61 Å². The van der Waals surface area contributed by atoms with E-state index in [2.05, 4.69) is 10.9 Å². The average molecular weight is 481 g/mol. The minimum atomic E-state index is -0.582. The first-order valence-electron chi connectivity index (χ1n) is 10.2. The molecule has 2 amide bonds. The van der Waals surface area contributed by atoms with E-state index in [4.69, 9.17) is 14.2 Å². The molecule has 1 heterocycles. The van der Waals surface area contributed by atoms with Crippen LogP contribution in [0.5, 0.6) is 17.2 Å². The molecule has 1 aromatic heterocycles. The van der Waals surface area contributed by atoms with Crippen molar-refractivity contribution in [3.8, 4) is 17.2 Å². The molecule has 0 spiro atoms. The molecule has 174 valence electrons. The molecule has 0 bridgehead atoms. The van der Waals surface area contributed by atoms with Gasteiger partial charge >= 0.3 is 0 Å². The lowest BCUT2D eigenvalue weighted by Gasteiger charge is -2.11. The van der Waals surface area contributed by atoms with Gasteiger partial charge in [-0.25, -0.2) is 4.39 Å². The highest BCUT2D eigenvalue weighted by Crippen LogP contribution is 2.34. The normalized spacial score (nSPS) is 10.6. The molecule has 0 fully saturated rings. The van der Waals surface area contributed by atoms with E-state index in [-0.39, 0.29) is 17.0 Å². The quantitative estimate of drug-likeness (QED) is 0.374. The number of fused-ring (bicyclic) bond motifs is 1. The maximum absolute atomic E-state index is 14.6. The number of rotatable bonds is 7. The molecule has 0 radical (unpaired) electrons. The number of hydrogen-bond acceptors (Lipinski definition) is 6. The Morgan fingerprint density at radius 3 is 2.35 bits per heavy atom. The molecule has 0 saturated heterocycles. The molecule has 0 aliphatic heterocycles. The molecule has 34 heavy (non-hydrogen) atoms. The highest BCUT2D eigenvalue weighted by molar-refractivity contribution is 7.21. The van der Waals surface area contributed by atoms with E-state index in [0.29, 0.717) is 32.9 Å². The number of benzene rings is 3. The lowest BCUT2D eigenvalue weighted by molar-refractivity contribution is 0.0847. The van der Waals surface area contributed by atoms with Crippen LogP contribution >= 0.6 is 11.3 Å². The van der Waals surface area contributed by atoms with Crippen molar-refractivity contribution in [1.29, 1.82) is 0 Å². The van der Waals surface area contributed by atoms with Gasteiger partial charge in [-0.1, -0.05) is 24.3 Å². The number of hydrogen-bond donors (Lipinski definition) is 2. The van der Waals surface area contributed by atoms with Crippen LogP contribution in [-0.2, 0) is 6.61 Å². The molecule has 4 rings (SSSR count).